The Morgan fingerprint density at radius 2 is 1.81 bits per heavy atom. The topological polar surface area (TPSA) is 55.3 Å². The molecule has 2 rings (SSSR count). The molecule has 1 saturated heterocycles. The monoisotopic (exact) mass is 491 g/mol. The summed E-state index contributed by atoms with van der Waals surface area (Å²) in [4.78, 5) is 7.10. The third kappa shape index (κ3) is 8.13. The van der Waals surface area contributed by atoms with Gasteiger partial charge in [-0.2, -0.15) is 0 Å². The SMILES string of the molecule is CCNC(=NCC(C)Oc1ccc(OC)cc1)N1CCC(OCC)CC1.I. The second-order valence-corrected chi connectivity index (χ2v) is 6.44. The highest BCUT2D eigenvalue weighted by molar-refractivity contribution is 14.0. The van der Waals surface area contributed by atoms with E-state index >= 15 is 0 Å². The third-order valence-electron chi connectivity index (χ3n) is 4.37. The molecule has 1 atom stereocenters. The maximum atomic E-state index is 5.95. The molecule has 1 fully saturated rings. The number of ether oxygens (including phenoxy) is 3. The summed E-state index contributed by atoms with van der Waals surface area (Å²) in [5, 5.41) is 3.40. The molecule has 7 heteroatoms. The van der Waals surface area contributed by atoms with Crippen LogP contribution < -0.4 is 14.8 Å². The van der Waals surface area contributed by atoms with Crippen LogP contribution in [-0.2, 0) is 4.74 Å². The van der Waals surface area contributed by atoms with Crippen LogP contribution in [0.25, 0.3) is 0 Å². The van der Waals surface area contributed by atoms with Gasteiger partial charge in [-0.15, -0.1) is 24.0 Å². The van der Waals surface area contributed by atoms with E-state index in [0.717, 1.165) is 56.5 Å². The molecule has 1 aromatic carbocycles. The smallest absolute Gasteiger partial charge is 0.194 e. The van der Waals surface area contributed by atoms with Crippen LogP contribution in [0.1, 0.15) is 33.6 Å². The molecule has 1 aliphatic heterocycles. The van der Waals surface area contributed by atoms with E-state index in [1.807, 2.05) is 31.2 Å². The molecular weight excluding hydrogens is 457 g/mol. The van der Waals surface area contributed by atoms with Gasteiger partial charge in [0.25, 0.3) is 0 Å². The lowest BCUT2D eigenvalue weighted by Gasteiger charge is -2.34. The van der Waals surface area contributed by atoms with Gasteiger partial charge in [-0.25, -0.2) is 4.99 Å². The molecule has 0 radical (unpaired) electrons. The van der Waals surface area contributed by atoms with Crippen LogP contribution in [0.3, 0.4) is 0 Å². The highest BCUT2D eigenvalue weighted by Crippen LogP contribution is 2.18. The number of benzene rings is 1. The molecule has 0 aliphatic carbocycles. The summed E-state index contributed by atoms with van der Waals surface area (Å²) in [7, 11) is 1.66. The van der Waals surface area contributed by atoms with Crippen LogP contribution in [0.4, 0.5) is 0 Å². The third-order valence-corrected chi connectivity index (χ3v) is 4.37. The molecule has 0 amide bonds. The maximum Gasteiger partial charge on any atom is 0.194 e. The van der Waals surface area contributed by atoms with Crippen LogP contribution in [0, 0.1) is 0 Å². The lowest BCUT2D eigenvalue weighted by molar-refractivity contribution is 0.0263. The molecule has 6 nitrogen and oxygen atoms in total. The van der Waals surface area contributed by atoms with Gasteiger partial charge in [0.05, 0.1) is 19.8 Å². The lowest BCUT2D eigenvalue weighted by atomic mass is 10.1. The number of rotatable bonds is 8. The Morgan fingerprint density at radius 3 is 2.37 bits per heavy atom. The van der Waals surface area contributed by atoms with Gasteiger partial charge in [0.2, 0.25) is 0 Å². The number of guanidine groups is 1. The van der Waals surface area contributed by atoms with Crippen LogP contribution in [0.15, 0.2) is 29.3 Å². The van der Waals surface area contributed by atoms with Gasteiger partial charge in [0.15, 0.2) is 5.96 Å². The largest absolute Gasteiger partial charge is 0.497 e. The molecule has 1 aliphatic rings. The molecule has 1 aromatic rings. The molecule has 154 valence electrons. The Kier molecular flexibility index (Phi) is 11.5. The van der Waals surface area contributed by atoms with Crippen molar-refractivity contribution in [2.24, 2.45) is 4.99 Å². The zero-order valence-electron chi connectivity index (χ0n) is 16.9. The molecule has 0 bridgehead atoms. The first-order valence-corrected chi connectivity index (χ1v) is 9.61. The number of aliphatic imine (C=N–C) groups is 1. The van der Waals surface area contributed by atoms with Crippen molar-refractivity contribution in [2.75, 3.05) is 39.9 Å². The molecule has 27 heavy (non-hydrogen) atoms. The minimum atomic E-state index is -0.00184. The number of nitrogens with one attached hydrogen (secondary N) is 1. The van der Waals surface area contributed by atoms with E-state index in [0.29, 0.717) is 12.6 Å². The minimum Gasteiger partial charge on any atom is -0.497 e. The molecule has 1 unspecified atom stereocenters. The number of likely N-dealkylation sites (tertiary alicyclic amines) is 1. The molecule has 1 heterocycles. The van der Waals surface area contributed by atoms with E-state index in [2.05, 4.69) is 24.1 Å². The Bertz CT molecular complexity index is 546. The number of hydrogen-bond acceptors (Lipinski definition) is 4. The van der Waals surface area contributed by atoms with Crippen molar-refractivity contribution in [1.82, 2.24) is 10.2 Å². The second-order valence-electron chi connectivity index (χ2n) is 6.44. The maximum absolute atomic E-state index is 5.95. The lowest BCUT2D eigenvalue weighted by Crippen LogP contribution is -2.47. The summed E-state index contributed by atoms with van der Waals surface area (Å²) in [6.45, 7) is 10.4. The standard InChI is InChI=1S/C20H33N3O3.HI/c1-5-21-20(23-13-11-18(12-14-23)25-6-2)22-15-16(3)26-19-9-7-17(24-4)8-10-19;/h7-10,16,18H,5-6,11-15H2,1-4H3,(H,21,22);1H. The van der Waals surface area contributed by atoms with Crippen molar-refractivity contribution in [1.29, 1.82) is 0 Å². The van der Waals surface area contributed by atoms with Crippen molar-refractivity contribution in [2.45, 2.75) is 45.8 Å². The highest BCUT2D eigenvalue weighted by Gasteiger charge is 2.21. The summed E-state index contributed by atoms with van der Waals surface area (Å²) in [5.41, 5.74) is 0. The van der Waals surface area contributed by atoms with E-state index in [1.165, 1.54) is 0 Å². The summed E-state index contributed by atoms with van der Waals surface area (Å²) in [5.74, 6) is 2.62. The Morgan fingerprint density at radius 1 is 1.19 bits per heavy atom. The van der Waals surface area contributed by atoms with Crippen molar-refractivity contribution in [3.05, 3.63) is 24.3 Å². The zero-order chi connectivity index (χ0) is 18.8. The van der Waals surface area contributed by atoms with Crippen molar-refractivity contribution in [3.8, 4) is 11.5 Å². The Labute approximate surface area is 180 Å². The quantitative estimate of drug-likeness (QED) is 0.343. The number of nitrogens with zero attached hydrogens (tertiary/aromatic N) is 2. The molecule has 0 spiro atoms. The fraction of sp³-hybridized carbons (Fsp3) is 0.650. The highest BCUT2D eigenvalue weighted by atomic mass is 127. The van der Waals surface area contributed by atoms with Gasteiger partial charge in [-0.3, -0.25) is 0 Å². The van der Waals surface area contributed by atoms with Gasteiger partial charge in [0, 0.05) is 26.2 Å². The first-order chi connectivity index (χ1) is 12.7. The van der Waals surface area contributed by atoms with E-state index in [9.17, 15) is 0 Å². The van der Waals surface area contributed by atoms with Crippen LogP contribution in [-0.4, -0.2) is 63.0 Å². The summed E-state index contributed by atoms with van der Waals surface area (Å²) >= 11 is 0. The van der Waals surface area contributed by atoms with E-state index < -0.39 is 0 Å². The average Bonchev–Trinajstić information content (AvgIpc) is 2.67. The van der Waals surface area contributed by atoms with Gasteiger partial charge in [-0.1, -0.05) is 0 Å². The first kappa shape index (κ1) is 23.8. The number of piperidine rings is 1. The van der Waals surface area contributed by atoms with Gasteiger partial charge >= 0.3 is 0 Å². The van der Waals surface area contributed by atoms with Crippen molar-refractivity contribution >= 4 is 29.9 Å². The molecule has 0 aromatic heterocycles. The Balaban J connectivity index is 0.00000364. The fourth-order valence-electron chi connectivity index (χ4n) is 3.03. The summed E-state index contributed by atoms with van der Waals surface area (Å²) in [6, 6.07) is 7.64. The van der Waals surface area contributed by atoms with Crippen LogP contribution in [0.5, 0.6) is 11.5 Å². The minimum absolute atomic E-state index is 0. The summed E-state index contributed by atoms with van der Waals surface area (Å²) < 4.78 is 16.9. The van der Waals surface area contributed by atoms with Crippen molar-refractivity contribution in [3.63, 3.8) is 0 Å². The van der Waals surface area contributed by atoms with E-state index in [4.69, 9.17) is 19.2 Å². The first-order valence-electron chi connectivity index (χ1n) is 9.61. The zero-order valence-corrected chi connectivity index (χ0v) is 19.3. The fourth-order valence-corrected chi connectivity index (χ4v) is 3.03. The van der Waals surface area contributed by atoms with Gasteiger partial charge in [0.1, 0.15) is 17.6 Å². The number of methoxy groups -OCH3 is 1. The predicted octanol–water partition coefficient (Wildman–Crippen LogP) is 3.55. The average molecular weight is 491 g/mol. The summed E-state index contributed by atoms with van der Waals surface area (Å²) in [6.07, 6.45) is 2.49. The van der Waals surface area contributed by atoms with Gasteiger partial charge in [-0.05, 0) is 57.9 Å². The molecular formula is C20H34IN3O3. The van der Waals surface area contributed by atoms with E-state index in [-0.39, 0.29) is 30.1 Å². The number of hydrogen-bond donors (Lipinski definition) is 1. The number of halogens is 1. The normalized spacial score (nSPS) is 16.4. The van der Waals surface area contributed by atoms with Crippen LogP contribution >= 0.6 is 24.0 Å². The van der Waals surface area contributed by atoms with Crippen molar-refractivity contribution < 1.29 is 14.2 Å². The van der Waals surface area contributed by atoms with Gasteiger partial charge < -0.3 is 24.4 Å². The van der Waals surface area contributed by atoms with E-state index in [1.54, 1.807) is 7.11 Å². The second kappa shape index (κ2) is 13.0. The molecule has 1 N–H and O–H groups in total. The predicted molar refractivity (Wildman–Crippen MR) is 121 cm³/mol. The molecule has 0 saturated carbocycles. The Hall–Kier alpha value is -1.22. The van der Waals surface area contributed by atoms with Crippen LogP contribution in [0.2, 0.25) is 0 Å².